The number of carboxylic acids is 2. The summed E-state index contributed by atoms with van der Waals surface area (Å²) in [6.45, 7) is 6.94. The smallest absolute Gasteiger partial charge is 0.478 e. The van der Waals surface area contributed by atoms with Gasteiger partial charge in [-0.15, -0.1) is 29.3 Å². The molecule has 0 radical (unpaired) electrons. The molecule has 2 aliphatic rings. The monoisotopic (exact) mass is 766 g/mol. The lowest BCUT2D eigenvalue weighted by molar-refractivity contribution is -0.145. The highest BCUT2D eigenvalue weighted by atomic mass is 32.1. The minimum atomic E-state index is -1.10. The van der Waals surface area contributed by atoms with Gasteiger partial charge in [0.25, 0.3) is 5.97 Å². The number of rotatable bonds is 13. The molecule has 2 aliphatic heterocycles. The maximum atomic E-state index is 11.9. The number of amides is 2. The molecule has 0 spiro atoms. The van der Waals surface area contributed by atoms with Crippen molar-refractivity contribution in [2.75, 3.05) is 20.3 Å². The topological polar surface area (TPSA) is 227 Å². The number of methoxy groups -OCH3 is 1. The molecule has 0 bridgehead atoms. The van der Waals surface area contributed by atoms with Gasteiger partial charge in [0.2, 0.25) is 11.8 Å². The van der Waals surface area contributed by atoms with Crippen molar-refractivity contribution in [3.05, 3.63) is 69.6 Å². The molecule has 0 aromatic carbocycles. The van der Waals surface area contributed by atoms with Gasteiger partial charge < -0.3 is 49.7 Å². The second-order valence-electron chi connectivity index (χ2n) is 11.2. The molecule has 286 valence electrons. The van der Waals surface area contributed by atoms with Crippen LogP contribution in [0.25, 0.3) is 0 Å². The highest BCUT2D eigenvalue weighted by Gasteiger charge is 2.37. The SMILES string of the molecule is C=CC(CC(=O)O)OC.CC(=O)O.CCOC(=O)CC1CCC(NC(=O)Cc2cccs2)B(O)O1.O=C(Cc1cccs1)NC1CC=CCOB1O. The van der Waals surface area contributed by atoms with E-state index in [1.54, 1.807) is 18.3 Å². The summed E-state index contributed by atoms with van der Waals surface area (Å²) in [6, 6.07) is 7.63. The van der Waals surface area contributed by atoms with E-state index in [1.165, 1.54) is 24.5 Å². The first kappa shape index (κ1) is 46.2. The fourth-order valence-corrected chi connectivity index (χ4v) is 5.90. The molecule has 15 nitrogen and oxygen atoms in total. The first-order valence-electron chi connectivity index (χ1n) is 16.4. The van der Waals surface area contributed by atoms with Crippen LogP contribution in [0.4, 0.5) is 0 Å². The zero-order valence-electron chi connectivity index (χ0n) is 29.5. The predicted molar refractivity (Wildman–Crippen MR) is 197 cm³/mol. The molecule has 1 fully saturated rings. The molecule has 0 saturated carbocycles. The van der Waals surface area contributed by atoms with E-state index < -0.39 is 32.1 Å². The van der Waals surface area contributed by atoms with Gasteiger partial charge in [0.1, 0.15) is 0 Å². The van der Waals surface area contributed by atoms with Crippen molar-refractivity contribution in [1.29, 1.82) is 0 Å². The molecule has 2 aromatic heterocycles. The molecule has 4 unspecified atom stereocenters. The molecule has 19 heteroatoms. The van der Waals surface area contributed by atoms with Gasteiger partial charge in [0.15, 0.2) is 0 Å². The number of esters is 1. The van der Waals surface area contributed by atoms with E-state index in [4.69, 9.17) is 33.8 Å². The van der Waals surface area contributed by atoms with Gasteiger partial charge >= 0.3 is 26.2 Å². The molecule has 4 atom stereocenters. The Balaban J connectivity index is 0.000000398. The molecule has 2 amide bonds. The molecule has 4 rings (SSSR count). The number of hydrogen-bond acceptors (Lipinski definition) is 13. The van der Waals surface area contributed by atoms with Crippen LogP contribution in [0.3, 0.4) is 0 Å². The standard InChI is InChI=1S/C14H20BNO5S.C11H14BNO3S.C6H10O3.C2H4O2/c1-2-20-14(18)8-10-5-6-12(15(19)21-10)16-13(17)9-11-4-3-7-22-11;14-11(8-9-4-3-7-17-9)13-10-5-1-2-6-16-12(10)15;1-3-5(9-2)4-6(7)8;1-2(3)4/h3-4,7,10,12,19H,2,5-6,8-9H2,1H3,(H,16,17);1-4,7,10,15H,5-6,8H2,(H,13,14);3,5H,1,4H2,2H3,(H,7,8);1H3,(H,3,4). The third kappa shape index (κ3) is 21.5. The fraction of sp³-hybridized carbons (Fsp3) is 0.485. The maximum absolute atomic E-state index is 11.9. The maximum Gasteiger partial charge on any atom is 0.478 e. The Hall–Kier alpha value is -3.84. The van der Waals surface area contributed by atoms with Crippen LogP contribution >= 0.6 is 22.7 Å². The third-order valence-electron chi connectivity index (χ3n) is 6.90. The molecule has 52 heavy (non-hydrogen) atoms. The van der Waals surface area contributed by atoms with Gasteiger partial charge in [0, 0.05) is 30.4 Å². The number of aliphatic carboxylic acids is 2. The largest absolute Gasteiger partial charge is 0.481 e. The molecular weight excluding hydrogens is 718 g/mol. The Kier molecular flexibility index (Phi) is 23.9. The number of carbonyl (C=O) groups excluding carboxylic acids is 3. The minimum absolute atomic E-state index is 0.0139. The van der Waals surface area contributed by atoms with Crippen molar-refractivity contribution in [3.63, 3.8) is 0 Å². The number of thiophene rings is 2. The van der Waals surface area contributed by atoms with Crippen molar-refractivity contribution in [2.24, 2.45) is 0 Å². The Bertz CT molecular complexity index is 1380. The Morgan fingerprint density at radius 1 is 0.981 bits per heavy atom. The van der Waals surface area contributed by atoms with Crippen LogP contribution in [0, 0.1) is 0 Å². The lowest BCUT2D eigenvalue weighted by atomic mass is 9.72. The molecular formula is C33H48B2N2O13S2. The van der Waals surface area contributed by atoms with Crippen LogP contribution in [0.2, 0.25) is 0 Å². The van der Waals surface area contributed by atoms with Crippen molar-refractivity contribution in [2.45, 2.75) is 82.9 Å². The number of ether oxygens (including phenoxy) is 2. The summed E-state index contributed by atoms with van der Waals surface area (Å²) < 4.78 is 20.1. The fourth-order valence-electron chi connectivity index (χ4n) is 4.49. The van der Waals surface area contributed by atoms with Crippen molar-refractivity contribution < 1.29 is 63.0 Å². The quantitative estimate of drug-likeness (QED) is 0.0980. The zero-order chi connectivity index (χ0) is 38.9. The van der Waals surface area contributed by atoms with Gasteiger partial charge in [-0.3, -0.25) is 24.0 Å². The minimum Gasteiger partial charge on any atom is -0.481 e. The second kappa shape index (κ2) is 26.9. The Morgan fingerprint density at radius 3 is 2.00 bits per heavy atom. The zero-order valence-corrected chi connectivity index (χ0v) is 31.1. The highest BCUT2D eigenvalue weighted by molar-refractivity contribution is 7.10. The van der Waals surface area contributed by atoms with E-state index >= 15 is 0 Å². The highest BCUT2D eigenvalue weighted by Crippen LogP contribution is 2.19. The average Bonchev–Trinajstić information content (AvgIpc) is 3.75. The van der Waals surface area contributed by atoms with E-state index in [1.807, 2.05) is 47.2 Å². The summed E-state index contributed by atoms with van der Waals surface area (Å²) in [6.07, 6.45) is 7.02. The van der Waals surface area contributed by atoms with E-state index in [0.29, 0.717) is 45.3 Å². The molecule has 0 aliphatic carbocycles. The van der Waals surface area contributed by atoms with Crippen LogP contribution in [0.15, 0.2) is 59.8 Å². The van der Waals surface area contributed by atoms with Gasteiger partial charge in [-0.2, -0.15) is 0 Å². The summed E-state index contributed by atoms with van der Waals surface area (Å²) >= 11 is 3.07. The van der Waals surface area contributed by atoms with Crippen molar-refractivity contribution >= 4 is 66.6 Å². The van der Waals surface area contributed by atoms with Crippen LogP contribution in [0.5, 0.6) is 0 Å². The number of carboxylic acid groups (broad SMARTS) is 2. The van der Waals surface area contributed by atoms with E-state index in [9.17, 15) is 29.2 Å². The van der Waals surface area contributed by atoms with Gasteiger partial charge in [-0.25, -0.2) is 0 Å². The Labute approximate surface area is 312 Å². The van der Waals surface area contributed by atoms with Crippen LogP contribution < -0.4 is 10.6 Å². The van der Waals surface area contributed by atoms with E-state index in [2.05, 4.69) is 17.2 Å². The van der Waals surface area contributed by atoms with Crippen molar-refractivity contribution in [1.82, 2.24) is 10.6 Å². The summed E-state index contributed by atoms with van der Waals surface area (Å²) in [5.41, 5.74) is 0. The van der Waals surface area contributed by atoms with Gasteiger partial charge in [0.05, 0.1) is 56.4 Å². The molecule has 4 heterocycles. The summed E-state index contributed by atoms with van der Waals surface area (Å²) in [5.74, 6) is -3.07. The Morgan fingerprint density at radius 2 is 1.56 bits per heavy atom. The van der Waals surface area contributed by atoms with Gasteiger partial charge in [-0.05, 0) is 49.1 Å². The average molecular weight is 767 g/mol. The third-order valence-corrected chi connectivity index (χ3v) is 8.66. The number of carbonyl (C=O) groups is 5. The van der Waals surface area contributed by atoms with Crippen LogP contribution in [-0.2, 0) is 55.6 Å². The summed E-state index contributed by atoms with van der Waals surface area (Å²) in [7, 11) is -0.576. The summed E-state index contributed by atoms with van der Waals surface area (Å²) in [4.78, 5) is 56.1. The van der Waals surface area contributed by atoms with E-state index in [-0.39, 0.29) is 48.8 Å². The molecule has 6 N–H and O–H groups in total. The lowest BCUT2D eigenvalue weighted by Gasteiger charge is -2.31. The van der Waals surface area contributed by atoms with Crippen LogP contribution in [0.1, 0.15) is 55.7 Å². The van der Waals surface area contributed by atoms with Crippen molar-refractivity contribution in [3.8, 4) is 0 Å². The second-order valence-corrected chi connectivity index (χ2v) is 13.2. The first-order valence-corrected chi connectivity index (χ1v) is 18.2. The summed E-state index contributed by atoms with van der Waals surface area (Å²) in [5, 5.41) is 44.7. The number of hydrogen-bond donors (Lipinski definition) is 6. The molecule has 2 aromatic rings. The lowest BCUT2D eigenvalue weighted by Crippen LogP contribution is -2.53. The van der Waals surface area contributed by atoms with E-state index in [0.717, 1.165) is 16.7 Å². The van der Waals surface area contributed by atoms with Gasteiger partial charge in [-0.1, -0.05) is 30.4 Å². The normalized spacial score (nSPS) is 18.3. The molecule has 1 saturated heterocycles. The number of nitrogens with one attached hydrogen (secondary N) is 2. The van der Waals surface area contributed by atoms with Crippen LogP contribution in [-0.4, -0.2) is 109 Å². The first-order chi connectivity index (χ1) is 24.8. The predicted octanol–water partition coefficient (Wildman–Crippen LogP) is 2.45.